The number of carboxylic acid groups (broad SMARTS) is 1. The zero-order valence-corrected chi connectivity index (χ0v) is 19.5. The third-order valence-electron chi connectivity index (χ3n) is 5.89. The zero-order chi connectivity index (χ0) is 24.1. The van der Waals surface area contributed by atoms with Crippen LogP contribution in [0.4, 0.5) is 4.79 Å². The first-order chi connectivity index (χ1) is 15.7. The van der Waals surface area contributed by atoms with E-state index in [1.165, 1.54) is 0 Å². The van der Waals surface area contributed by atoms with Crippen LogP contribution in [0.1, 0.15) is 51.2 Å². The first-order valence-corrected chi connectivity index (χ1v) is 11.3. The summed E-state index contributed by atoms with van der Waals surface area (Å²) in [6.07, 6.45) is -0.338. The quantitative estimate of drug-likeness (QED) is 0.530. The minimum atomic E-state index is -1.11. The number of carboxylic acids is 1. The van der Waals surface area contributed by atoms with Crippen molar-refractivity contribution < 1.29 is 24.2 Å². The Balaban J connectivity index is 1.67. The van der Waals surface area contributed by atoms with E-state index in [1.54, 1.807) is 13.8 Å². The van der Waals surface area contributed by atoms with Crippen LogP contribution in [0.2, 0.25) is 0 Å². The fourth-order valence-corrected chi connectivity index (χ4v) is 4.25. The summed E-state index contributed by atoms with van der Waals surface area (Å²) < 4.78 is 5.56. The number of rotatable bonds is 9. The summed E-state index contributed by atoms with van der Waals surface area (Å²) in [6, 6.07) is 14.2. The molecule has 3 N–H and O–H groups in total. The summed E-state index contributed by atoms with van der Waals surface area (Å²) in [5.41, 5.74) is 4.47. The Morgan fingerprint density at radius 1 is 0.909 bits per heavy atom. The van der Waals surface area contributed by atoms with Crippen LogP contribution in [0, 0.1) is 11.8 Å². The molecule has 0 aliphatic heterocycles. The molecule has 1 aliphatic carbocycles. The van der Waals surface area contributed by atoms with E-state index in [2.05, 4.69) is 22.8 Å². The highest BCUT2D eigenvalue weighted by atomic mass is 16.5. The van der Waals surface area contributed by atoms with E-state index in [0.717, 1.165) is 22.3 Å². The molecule has 176 valence electrons. The highest BCUT2D eigenvalue weighted by Crippen LogP contribution is 2.44. The fraction of sp³-hybridized carbons (Fsp3) is 0.423. The number of carbonyl (C=O) groups is 3. The molecule has 2 aromatic carbocycles. The first kappa shape index (κ1) is 24.3. The van der Waals surface area contributed by atoms with Crippen LogP contribution in [0.15, 0.2) is 48.5 Å². The molecule has 0 spiro atoms. The third-order valence-corrected chi connectivity index (χ3v) is 5.89. The van der Waals surface area contributed by atoms with E-state index in [4.69, 9.17) is 4.74 Å². The second-order valence-corrected chi connectivity index (χ2v) is 9.22. The smallest absolute Gasteiger partial charge is 0.407 e. The summed E-state index contributed by atoms with van der Waals surface area (Å²) >= 11 is 0. The van der Waals surface area contributed by atoms with Gasteiger partial charge in [0, 0.05) is 5.92 Å². The van der Waals surface area contributed by atoms with Crippen LogP contribution in [0.25, 0.3) is 11.1 Å². The maximum atomic E-state index is 12.8. The Bertz CT molecular complexity index is 972. The number of nitrogens with one attached hydrogen (secondary N) is 2. The van der Waals surface area contributed by atoms with Crippen LogP contribution in [-0.2, 0) is 14.3 Å². The van der Waals surface area contributed by atoms with Crippen molar-refractivity contribution in [2.75, 3.05) is 6.61 Å². The molecule has 0 radical (unpaired) electrons. The SMILES string of the molecule is CC(C)C[C@@H](NC(=O)OCC1c2ccccc2-c2ccccc21)C(=O)N[C@@H](C(=O)O)C(C)C. The predicted octanol–water partition coefficient (Wildman–Crippen LogP) is 4.17. The van der Waals surface area contributed by atoms with Crippen molar-refractivity contribution in [3.05, 3.63) is 59.7 Å². The van der Waals surface area contributed by atoms with Gasteiger partial charge >= 0.3 is 12.1 Å². The lowest BCUT2D eigenvalue weighted by Crippen LogP contribution is -2.53. The number of hydrogen-bond acceptors (Lipinski definition) is 4. The van der Waals surface area contributed by atoms with Gasteiger partial charge in [-0.15, -0.1) is 0 Å². The van der Waals surface area contributed by atoms with Gasteiger partial charge in [0.05, 0.1) is 0 Å². The average molecular weight is 453 g/mol. The minimum Gasteiger partial charge on any atom is -0.480 e. The van der Waals surface area contributed by atoms with Gasteiger partial charge in [-0.3, -0.25) is 4.79 Å². The Morgan fingerprint density at radius 3 is 1.94 bits per heavy atom. The van der Waals surface area contributed by atoms with Gasteiger partial charge in [-0.2, -0.15) is 0 Å². The molecule has 0 aromatic heterocycles. The summed E-state index contributed by atoms with van der Waals surface area (Å²) in [6.45, 7) is 7.43. The predicted molar refractivity (Wildman–Crippen MR) is 126 cm³/mol. The van der Waals surface area contributed by atoms with Gasteiger partial charge in [0.1, 0.15) is 18.7 Å². The van der Waals surface area contributed by atoms with Crippen LogP contribution >= 0.6 is 0 Å². The van der Waals surface area contributed by atoms with E-state index in [1.807, 2.05) is 50.2 Å². The Morgan fingerprint density at radius 2 is 1.45 bits per heavy atom. The topological polar surface area (TPSA) is 105 Å². The molecule has 1 aliphatic rings. The average Bonchev–Trinajstić information content (AvgIpc) is 3.08. The van der Waals surface area contributed by atoms with E-state index >= 15 is 0 Å². The van der Waals surface area contributed by atoms with Gasteiger partial charge in [0.25, 0.3) is 0 Å². The molecule has 2 aromatic rings. The summed E-state index contributed by atoms with van der Waals surface area (Å²) in [4.78, 5) is 36.9. The lowest BCUT2D eigenvalue weighted by molar-refractivity contribution is -0.143. The molecule has 2 atom stereocenters. The van der Waals surface area contributed by atoms with Crippen LogP contribution in [0.5, 0.6) is 0 Å². The van der Waals surface area contributed by atoms with Gasteiger partial charge in [-0.1, -0.05) is 76.2 Å². The molecule has 0 saturated heterocycles. The lowest BCUT2D eigenvalue weighted by atomic mass is 9.98. The normalized spacial score (nSPS) is 14.4. The molecule has 0 unspecified atom stereocenters. The maximum Gasteiger partial charge on any atom is 0.407 e. The van der Waals surface area contributed by atoms with Crippen molar-refractivity contribution in [3.63, 3.8) is 0 Å². The molecule has 0 bridgehead atoms. The number of ether oxygens (including phenoxy) is 1. The minimum absolute atomic E-state index is 0.0853. The maximum absolute atomic E-state index is 12.8. The van der Waals surface area contributed by atoms with Gasteiger partial charge in [-0.05, 0) is 40.5 Å². The third kappa shape index (κ3) is 5.72. The number of carbonyl (C=O) groups excluding carboxylic acids is 2. The van der Waals surface area contributed by atoms with E-state index < -0.39 is 30.1 Å². The highest BCUT2D eigenvalue weighted by Gasteiger charge is 2.31. The zero-order valence-electron chi connectivity index (χ0n) is 19.5. The number of aliphatic carboxylic acids is 1. The molecular weight excluding hydrogens is 420 g/mol. The second kappa shape index (κ2) is 10.5. The molecule has 0 fully saturated rings. The van der Waals surface area contributed by atoms with E-state index in [-0.39, 0.29) is 24.4 Å². The van der Waals surface area contributed by atoms with E-state index in [0.29, 0.717) is 6.42 Å². The number of alkyl carbamates (subject to hydrolysis) is 1. The molecule has 0 saturated carbocycles. The van der Waals surface area contributed by atoms with Gasteiger partial charge < -0.3 is 20.5 Å². The van der Waals surface area contributed by atoms with Crippen LogP contribution in [0.3, 0.4) is 0 Å². The summed E-state index contributed by atoms with van der Waals surface area (Å²) in [5, 5.41) is 14.6. The Kier molecular flexibility index (Phi) is 7.74. The first-order valence-electron chi connectivity index (χ1n) is 11.3. The van der Waals surface area contributed by atoms with Crippen LogP contribution < -0.4 is 10.6 Å². The van der Waals surface area contributed by atoms with Crippen molar-refractivity contribution in [3.8, 4) is 11.1 Å². The summed E-state index contributed by atoms with van der Waals surface area (Å²) in [5.74, 6) is -1.91. The Hall–Kier alpha value is -3.35. The van der Waals surface area contributed by atoms with E-state index in [9.17, 15) is 19.5 Å². The molecule has 2 amide bonds. The van der Waals surface area contributed by atoms with Crippen molar-refractivity contribution in [2.24, 2.45) is 11.8 Å². The monoisotopic (exact) mass is 452 g/mol. The highest BCUT2D eigenvalue weighted by molar-refractivity contribution is 5.89. The fourth-order valence-electron chi connectivity index (χ4n) is 4.25. The lowest BCUT2D eigenvalue weighted by Gasteiger charge is -2.24. The molecule has 7 nitrogen and oxygen atoms in total. The number of hydrogen-bond donors (Lipinski definition) is 3. The van der Waals surface area contributed by atoms with Crippen molar-refractivity contribution >= 4 is 18.0 Å². The molecule has 33 heavy (non-hydrogen) atoms. The van der Waals surface area contributed by atoms with Gasteiger partial charge in [0.15, 0.2) is 0 Å². The molecule has 0 heterocycles. The van der Waals surface area contributed by atoms with Gasteiger partial charge in [0.2, 0.25) is 5.91 Å². The summed E-state index contributed by atoms with van der Waals surface area (Å²) in [7, 11) is 0. The molecule has 7 heteroatoms. The number of fused-ring (bicyclic) bond motifs is 3. The standard InChI is InChI=1S/C26H32N2O5/c1-15(2)13-22(24(29)28-23(16(3)4)25(30)31)27-26(32)33-14-21-19-11-7-5-9-17(19)18-10-6-8-12-20(18)21/h5-12,15-16,21-23H,13-14H2,1-4H3,(H,27,32)(H,28,29)(H,30,31)/t22-,23-/m1/s1. The van der Waals surface area contributed by atoms with Gasteiger partial charge in [-0.25, -0.2) is 9.59 Å². The van der Waals surface area contributed by atoms with Crippen molar-refractivity contribution in [1.29, 1.82) is 0 Å². The van der Waals surface area contributed by atoms with Crippen molar-refractivity contribution in [2.45, 2.75) is 52.1 Å². The van der Waals surface area contributed by atoms with Crippen LogP contribution in [-0.4, -0.2) is 41.8 Å². The largest absolute Gasteiger partial charge is 0.480 e. The molecular formula is C26H32N2O5. The second-order valence-electron chi connectivity index (χ2n) is 9.22. The molecule has 3 rings (SSSR count). The number of amides is 2. The number of benzene rings is 2. The van der Waals surface area contributed by atoms with Crippen molar-refractivity contribution in [1.82, 2.24) is 10.6 Å². The Labute approximate surface area is 194 Å².